The summed E-state index contributed by atoms with van der Waals surface area (Å²) in [5, 5.41) is 25.3. The molecule has 120 valence electrons. The van der Waals surface area contributed by atoms with Crippen LogP contribution in [0.3, 0.4) is 0 Å². The molecule has 0 fully saturated rings. The van der Waals surface area contributed by atoms with Crippen molar-refractivity contribution in [3.8, 4) is 6.07 Å². The first-order chi connectivity index (χ1) is 11.5. The van der Waals surface area contributed by atoms with Crippen LogP contribution in [0.2, 0.25) is 5.02 Å². The molecule has 1 aromatic carbocycles. The summed E-state index contributed by atoms with van der Waals surface area (Å²) in [4.78, 5) is 26.0. The molecule has 0 bridgehead atoms. The van der Waals surface area contributed by atoms with Crippen LogP contribution in [0.4, 0.5) is 17.2 Å². The Balaban J connectivity index is 2.07. The first-order valence-corrected chi connectivity index (χ1v) is 6.91. The van der Waals surface area contributed by atoms with Crippen LogP contribution in [-0.2, 0) is 4.79 Å². The topological polar surface area (TPSA) is 121 Å². The lowest BCUT2D eigenvalue weighted by Gasteiger charge is -2.05. The maximum absolute atomic E-state index is 12.0. The molecule has 1 aromatic heterocycles. The van der Waals surface area contributed by atoms with E-state index in [0.29, 0.717) is 16.5 Å². The number of nitrogens with zero attached hydrogens (tertiary/aromatic N) is 3. The molecule has 2 N–H and O–H groups in total. The van der Waals surface area contributed by atoms with E-state index in [1.165, 1.54) is 42.7 Å². The Bertz CT molecular complexity index is 843. The molecule has 24 heavy (non-hydrogen) atoms. The van der Waals surface area contributed by atoms with Crippen molar-refractivity contribution >= 4 is 34.7 Å². The third-order valence-corrected chi connectivity index (χ3v) is 3.02. The second kappa shape index (κ2) is 7.71. The van der Waals surface area contributed by atoms with E-state index >= 15 is 0 Å². The minimum atomic E-state index is -0.666. The number of hydrogen-bond donors (Lipinski definition) is 2. The highest BCUT2D eigenvalue weighted by atomic mass is 35.5. The van der Waals surface area contributed by atoms with Crippen molar-refractivity contribution in [2.45, 2.75) is 0 Å². The minimum absolute atomic E-state index is 0.0993. The van der Waals surface area contributed by atoms with Gasteiger partial charge in [0.2, 0.25) is 0 Å². The Morgan fingerprint density at radius 2 is 2.04 bits per heavy atom. The normalized spacial score (nSPS) is 10.6. The number of halogens is 1. The predicted molar refractivity (Wildman–Crippen MR) is 88.3 cm³/mol. The van der Waals surface area contributed by atoms with Gasteiger partial charge in [0.25, 0.3) is 11.6 Å². The molecule has 0 saturated heterocycles. The predicted octanol–water partition coefficient (Wildman–Crippen LogP) is 3.10. The largest absolute Gasteiger partial charge is 0.345 e. The number of non-ortho nitro benzene ring substituents is 1. The Labute approximate surface area is 141 Å². The molecule has 0 aliphatic rings. The highest BCUT2D eigenvalue weighted by Crippen LogP contribution is 2.16. The van der Waals surface area contributed by atoms with E-state index in [0.717, 1.165) is 0 Å². The van der Waals surface area contributed by atoms with Crippen molar-refractivity contribution < 1.29 is 9.72 Å². The van der Waals surface area contributed by atoms with Crippen LogP contribution < -0.4 is 10.6 Å². The van der Waals surface area contributed by atoms with Crippen LogP contribution in [0.25, 0.3) is 0 Å². The third kappa shape index (κ3) is 4.53. The fraction of sp³-hybridized carbons (Fsp3) is 0. The van der Waals surface area contributed by atoms with Gasteiger partial charge < -0.3 is 10.6 Å². The van der Waals surface area contributed by atoms with Gasteiger partial charge in [0.1, 0.15) is 17.5 Å². The number of nitriles is 1. The van der Waals surface area contributed by atoms with Gasteiger partial charge in [-0.15, -0.1) is 0 Å². The molecule has 0 spiro atoms. The number of hydrogen-bond acceptors (Lipinski definition) is 6. The lowest BCUT2D eigenvalue weighted by molar-refractivity contribution is -0.384. The van der Waals surface area contributed by atoms with E-state index < -0.39 is 10.8 Å². The summed E-state index contributed by atoms with van der Waals surface area (Å²) in [6.45, 7) is 0. The SMILES string of the molecule is N#C/C(=C/Nc1cc(Cl)ccn1)C(=O)Nc1ccc([N+](=O)[O-])cc1. The van der Waals surface area contributed by atoms with Crippen molar-refractivity contribution in [2.75, 3.05) is 10.6 Å². The molecule has 0 aliphatic carbocycles. The molecular weight excluding hydrogens is 334 g/mol. The molecule has 1 amide bonds. The lowest BCUT2D eigenvalue weighted by Crippen LogP contribution is -2.14. The lowest BCUT2D eigenvalue weighted by atomic mass is 10.2. The van der Waals surface area contributed by atoms with Crippen LogP contribution in [0.15, 0.2) is 54.4 Å². The molecule has 2 aromatic rings. The van der Waals surface area contributed by atoms with E-state index in [9.17, 15) is 14.9 Å². The molecule has 2 rings (SSSR count). The fourth-order valence-electron chi connectivity index (χ4n) is 1.64. The number of nitro groups is 1. The van der Waals surface area contributed by atoms with E-state index in [1.807, 2.05) is 0 Å². The Hall–Kier alpha value is -3.44. The second-order valence-electron chi connectivity index (χ2n) is 4.43. The number of pyridine rings is 1. The van der Waals surface area contributed by atoms with Gasteiger partial charge in [-0.05, 0) is 24.3 Å². The van der Waals surface area contributed by atoms with Gasteiger partial charge in [0.05, 0.1) is 4.92 Å². The van der Waals surface area contributed by atoms with Crippen LogP contribution in [0.1, 0.15) is 0 Å². The molecule has 0 radical (unpaired) electrons. The molecular formula is C15H10ClN5O3. The highest BCUT2D eigenvalue weighted by molar-refractivity contribution is 6.30. The monoisotopic (exact) mass is 343 g/mol. The first-order valence-electron chi connectivity index (χ1n) is 6.54. The van der Waals surface area contributed by atoms with E-state index in [1.54, 1.807) is 12.1 Å². The van der Waals surface area contributed by atoms with E-state index in [4.69, 9.17) is 16.9 Å². The number of benzene rings is 1. The average molecular weight is 344 g/mol. The third-order valence-electron chi connectivity index (χ3n) is 2.79. The standard InChI is InChI=1S/C15H10ClN5O3/c16-11-5-6-18-14(7-11)19-9-10(8-17)15(22)20-12-1-3-13(4-2-12)21(23)24/h1-7,9H,(H,18,19)(H,20,22)/b10-9-. The molecule has 8 nitrogen and oxygen atoms in total. The van der Waals surface area contributed by atoms with E-state index in [2.05, 4.69) is 15.6 Å². The van der Waals surface area contributed by atoms with E-state index in [-0.39, 0.29) is 11.3 Å². The van der Waals surface area contributed by atoms with Crippen LogP contribution in [-0.4, -0.2) is 15.8 Å². The van der Waals surface area contributed by atoms with Gasteiger partial charge in [-0.1, -0.05) is 11.6 Å². The fourth-order valence-corrected chi connectivity index (χ4v) is 1.80. The number of rotatable bonds is 5. The number of amides is 1. The van der Waals surface area contributed by atoms with Gasteiger partial charge >= 0.3 is 0 Å². The quantitative estimate of drug-likeness (QED) is 0.372. The summed E-state index contributed by atoms with van der Waals surface area (Å²) in [5.74, 6) is -0.292. The number of nitro benzene ring substituents is 1. The smallest absolute Gasteiger partial charge is 0.269 e. The van der Waals surface area contributed by atoms with Gasteiger partial charge in [-0.3, -0.25) is 14.9 Å². The zero-order chi connectivity index (χ0) is 17.5. The van der Waals surface area contributed by atoms with Gasteiger partial charge in [-0.25, -0.2) is 4.98 Å². The summed E-state index contributed by atoms with van der Waals surface area (Å²) in [5.41, 5.74) is 0.0282. The average Bonchev–Trinajstić information content (AvgIpc) is 2.56. The summed E-state index contributed by atoms with van der Waals surface area (Å²) in [7, 11) is 0. The molecule has 0 saturated carbocycles. The van der Waals surface area contributed by atoms with Gasteiger partial charge in [-0.2, -0.15) is 5.26 Å². The summed E-state index contributed by atoms with van der Waals surface area (Å²) >= 11 is 5.81. The summed E-state index contributed by atoms with van der Waals surface area (Å²) < 4.78 is 0. The molecule has 1 heterocycles. The summed E-state index contributed by atoms with van der Waals surface area (Å²) in [6, 6.07) is 10.1. The van der Waals surface area contributed by atoms with Gasteiger partial charge in [0, 0.05) is 35.2 Å². The highest BCUT2D eigenvalue weighted by Gasteiger charge is 2.11. The number of nitrogens with one attached hydrogen (secondary N) is 2. The zero-order valence-corrected chi connectivity index (χ0v) is 12.8. The zero-order valence-electron chi connectivity index (χ0n) is 12.1. The minimum Gasteiger partial charge on any atom is -0.345 e. The van der Waals surface area contributed by atoms with Crippen LogP contribution in [0, 0.1) is 21.4 Å². The second-order valence-corrected chi connectivity index (χ2v) is 4.87. The Morgan fingerprint density at radius 3 is 2.62 bits per heavy atom. The van der Waals surface area contributed by atoms with Crippen molar-refractivity contribution in [1.82, 2.24) is 4.98 Å². The molecule has 9 heteroatoms. The van der Waals surface area contributed by atoms with Crippen molar-refractivity contribution in [3.05, 3.63) is 69.5 Å². The van der Waals surface area contributed by atoms with Crippen molar-refractivity contribution in [2.24, 2.45) is 0 Å². The maximum Gasteiger partial charge on any atom is 0.269 e. The number of carbonyl (C=O) groups is 1. The molecule has 0 aliphatic heterocycles. The Kier molecular flexibility index (Phi) is 5.44. The number of anilines is 2. The number of aromatic nitrogens is 1. The summed E-state index contributed by atoms with van der Waals surface area (Å²) in [6.07, 6.45) is 2.67. The number of carbonyl (C=O) groups excluding carboxylic acids is 1. The maximum atomic E-state index is 12.0. The van der Waals surface area contributed by atoms with Gasteiger partial charge in [0.15, 0.2) is 0 Å². The van der Waals surface area contributed by atoms with Crippen molar-refractivity contribution in [1.29, 1.82) is 5.26 Å². The first kappa shape index (κ1) is 16.9. The van der Waals surface area contributed by atoms with Crippen molar-refractivity contribution in [3.63, 3.8) is 0 Å². The molecule has 0 atom stereocenters. The molecule has 0 unspecified atom stereocenters. The van der Waals surface area contributed by atoms with Crippen LogP contribution in [0.5, 0.6) is 0 Å². The Morgan fingerprint density at radius 1 is 1.33 bits per heavy atom. The van der Waals surface area contributed by atoms with Crippen LogP contribution >= 0.6 is 11.6 Å².